The molecule has 19 heavy (non-hydrogen) atoms. The van der Waals surface area contributed by atoms with Crippen LogP contribution in [0.2, 0.25) is 0 Å². The van der Waals surface area contributed by atoms with Gasteiger partial charge in [-0.25, -0.2) is 0 Å². The Labute approximate surface area is 112 Å². The molecule has 1 atom stereocenters. The summed E-state index contributed by atoms with van der Waals surface area (Å²) >= 11 is 0. The van der Waals surface area contributed by atoms with Crippen LogP contribution in [0.15, 0.2) is 42.7 Å². The zero-order valence-corrected chi connectivity index (χ0v) is 10.6. The van der Waals surface area contributed by atoms with Crippen molar-refractivity contribution in [3.05, 3.63) is 59.4 Å². The maximum absolute atomic E-state index is 12.3. The molecule has 0 aliphatic carbocycles. The van der Waals surface area contributed by atoms with Crippen LogP contribution in [0.1, 0.15) is 22.7 Å². The van der Waals surface area contributed by atoms with Gasteiger partial charge in [-0.1, -0.05) is 24.3 Å². The minimum Gasteiger partial charge on any atom is -0.367 e. The molecule has 3 rings (SSSR count). The topological polar surface area (TPSA) is 56.9 Å². The fourth-order valence-electron chi connectivity index (χ4n) is 2.50. The summed E-state index contributed by atoms with van der Waals surface area (Å²) in [6.45, 7) is 1.40. The molecule has 1 aliphatic rings. The molecule has 0 bridgehead atoms. The first-order chi connectivity index (χ1) is 9.34. The Morgan fingerprint density at radius 2 is 2.21 bits per heavy atom. The largest absolute Gasteiger partial charge is 0.367 e. The molecule has 98 valence electrons. The van der Waals surface area contributed by atoms with E-state index in [1.807, 2.05) is 36.7 Å². The van der Waals surface area contributed by atoms with Gasteiger partial charge in [0.25, 0.3) is 0 Å². The highest BCUT2D eigenvalue weighted by atomic mass is 16.2. The smallest absolute Gasteiger partial charge is 0.242 e. The van der Waals surface area contributed by atoms with Gasteiger partial charge < -0.3 is 15.6 Å². The zero-order valence-electron chi connectivity index (χ0n) is 10.6. The molecule has 1 aromatic heterocycles. The fourth-order valence-corrected chi connectivity index (χ4v) is 2.50. The lowest BCUT2D eigenvalue weighted by Gasteiger charge is -2.25. The summed E-state index contributed by atoms with van der Waals surface area (Å²) in [4.78, 5) is 15.3. The van der Waals surface area contributed by atoms with Gasteiger partial charge in [0, 0.05) is 25.5 Å². The number of nitrogens with one attached hydrogen (secondary N) is 3. The molecule has 1 aliphatic heterocycles. The molecular formula is C15H17N3O. The lowest BCUT2D eigenvalue weighted by atomic mass is 9.94. The highest BCUT2D eigenvalue weighted by Gasteiger charge is 2.25. The number of aromatic nitrogens is 1. The van der Waals surface area contributed by atoms with Crippen LogP contribution in [-0.2, 0) is 17.8 Å². The van der Waals surface area contributed by atoms with Crippen molar-refractivity contribution in [1.82, 2.24) is 15.6 Å². The van der Waals surface area contributed by atoms with Crippen molar-refractivity contribution in [2.75, 3.05) is 6.54 Å². The van der Waals surface area contributed by atoms with Crippen molar-refractivity contribution in [3.8, 4) is 0 Å². The van der Waals surface area contributed by atoms with Gasteiger partial charge in [-0.2, -0.15) is 0 Å². The second kappa shape index (κ2) is 5.28. The highest BCUT2D eigenvalue weighted by molar-refractivity contribution is 5.83. The summed E-state index contributed by atoms with van der Waals surface area (Å²) in [6.07, 6.45) is 4.73. The first kappa shape index (κ1) is 12.0. The van der Waals surface area contributed by atoms with E-state index in [9.17, 15) is 4.79 Å². The number of carbonyl (C=O) groups excluding carboxylic acids is 1. The number of aromatic amines is 1. The number of carbonyl (C=O) groups is 1. The summed E-state index contributed by atoms with van der Waals surface area (Å²) in [7, 11) is 0. The predicted molar refractivity (Wildman–Crippen MR) is 73.5 cm³/mol. The van der Waals surface area contributed by atoms with Gasteiger partial charge in [0.1, 0.15) is 6.04 Å². The standard InChI is InChI=1S/C15H17N3O/c19-15(18-10-11-5-7-16-9-11)14-13-4-2-1-3-12(13)6-8-17-14/h1-5,7,9,14,16-17H,6,8,10H2,(H,18,19). The summed E-state index contributed by atoms with van der Waals surface area (Å²) in [5.74, 6) is 0.0355. The Balaban J connectivity index is 1.71. The normalized spacial score (nSPS) is 17.8. The van der Waals surface area contributed by atoms with Crippen LogP contribution in [0.3, 0.4) is 0 Å². The quantitative estimate of drug-likeness (QED) is 0.779. The van der Waals surface area contributed by atoms with Crippen molar-refractivity contribution >= 4 is 5.91 Å². The first-order valence-corrected chi connectivity index (χ1v) is 6.55. The van der Waals surface area contributed by atoms with Gasteiger partial charge in [0.2, 0.25) is 5.91 Å². The maximum atomic E-state index is 12.3. The predicted octanol–water partition coefficient (Wildman–Crippen LogP) is 1.52. The number of benzene rings is 1. The first-order valence-electron chi connectivity index (χ1n) is 6.55. The number of H-pyrrole nitrogens is 1. The Morgan fingerprint density at radius 3 is 3.05 bits per heavy atom. The molecule has 2 heterocycles. The molecule has 0 spiro atoms. The van der Waals surface area contributed by atoms with Gasteiger partial charge in [-0.15, -0.1) is 0 Å². The van der Waals surface area contributed by atoms with E-state index >= 15 is 0 Å². The van der Waals surface area contributed by atoms with Gasteiger partial charge in [0.15, 0.2) is 0 Å². The van der Waals surface area contributed by atoms with E-state index < -0.39 is 0 Å². The second-order valence-corrected chi connectivity index (χ2v) is 4.77. The third-order valence-electron chi connectivity index (χ3n) is 3.50. The van der Waals surface area contributed by atoms with E-state index in [1.54, 1.807) is 0 Å². The van der Waals surface area contributed by atoms with Crippen LogP contribution < -0.4 is 10.6 Å². The molecule has 1 unspecified atom stereocenters. The lowest BCUT2D eigenvalue weighted by Crippen LogP contribution is -2.41. The zero-order chi connectivity index (χ0) is 13.1. The van der Waals surface area contributed by atoms with Crippen molar-refractivity contribution in [3.63, 3.8) is 0 Å². The number of hydrogen-bond donors (Lipinski definition) is 3. The van der Waals surface area contributed by atoms with Gasteiger partial charge in [0.05, 0.1) is 0 Å². The summed E-state index contributed by atoms with van der Waals surface area (Å²) in [6, 6.07) is 9.87. The number of rotatable bonds is 3. The van der Waals surface area contributed by atoms with Crippen LogP contribution in [-0.4, -0.2) is 17.4 Å². The Kier molecular flexibility index (Phi) is 3.33. The van der Waals surface area contributed by atoms with Gasteiger partial charge in [-0.05, 0) is 29.2 Å². The average molecular weight is 255 g/mol. The number of fused-ring (bicyclic) bond motifs is 1. The second-order valence-electron chi connectivity index (χ2n) is 4.77. The van der Waals surface area contributed by atoms with Crippen molar-refractivity contribution < 1.29 is 4.79 Å². The molecular weight excluding hydrogens is 238 g/mol. The number of hydrogen-bond acceptors (Lipinski definition) is 2. The van der Waals surface area contributed by atoms with E-state index in [0.717, 1.165) is 24.1 Å². The van der Waals surface area contributed by atoms with Crippen LogP contribution >= 0.6 is 0 Å². The van der Waals surface area contributed by atoms with E-state index in [2.05, 4.69) is 21.7 Å². The van der Waals surface area contributed by atoms with E-state index in [1.165, 1.54) is 5.56 Å². The van der Waals surface area contributed by atoms with Gasteiger partial charge in [-0.3, -0.25) is 4.79 Å². The van der Waals surface area contributed by atoms with E-state index in [-0.39, 0.29) is 11.9 Å². The molecule has 0 fully saturated rings. The molecule has 3 N–H and O–H groups in total. The molecule has 0 saturated carbocycles. The Morgan fingerprint density at radius 1 is 1.32 bits per heavy atom. The molecule has 1 amide bonds. The van der Waals surface area contributed by atoms with E-state index in [4.69, 9.17) is 0 Å². The molecule has 2 aromatic rings. The van der Waals surface area contributed by atoms with Crippen LogP contribution in [0.4, 0.5) is 0 Å². The van der Waals surface area contributed by atoms with Crippen LogP contribution in [0, 0.1) is 0 Å². The SMILES string of the molecule is O=C(NCc1cc[nH]c1)C1NCCc2ccccc21. The van der Waals surface area contributed by atoms with Crippen molar-refractivity contribution in [2.45, 2.75) is 19.0 Å². The summed E-state index contributed by atoms with van der Waals surface area (Å²) in [5.41, 5.74) is 3.45. The van der Waals surface area contributed by atoms with Crippen molar-refractivity contribution in [1.29, 1.82) is 0 Å². The average Bonchev–Trinajstić information content (AvgIpc) is 2.97. The van der Waals surface area contributed by atoms with Gasteiger partial charge >= 0.3 is 0 Å². The maximum Gasteiger partial charge on any atom is 0.242 e. The molecule has 0 saturated heterocycles. The lowest BCUT2D eigenvalue weighted by molar-refractivity contribution is -0.123. The van der Waals surface area contributed by atoms with Crippen LogP contribution in [0.5, 0.6) is 0 Å². The minimum atomic E-state index is -0.233. The molecule has 1 aromatic carbocycles. The van der Waals surface area contributed by atoms with Crippen molar-refractivity contribution in [2.24, 2.45) is 0 Å². The highest BCUT2D eigenvalue weighted by Crippen LogP contribution is 2.22. The Hall–Kier alpha value is -2.07. The minimum absolute atomic E-state index is 0.0355. The molecule has 4 heteroatoms. The summed E-state index contributed by atoms with van der Waals surface area (Å²) in [5, 5.41) is 6.26. The Bertz CT molecular complexity index is 563. The monoisotopic (exact) mass is 255 g/mol. The number of amides is 1. The molecule has 4 nitrogen and oxygen atoms in total. The van der Waals surface area contributed by atoms with Crippen LogP contribution in [0.25, 0.3) is 0 Å². The van der Waals surface area contributed by atoms with E-state index in [0.29, 0.717) is 6.54 Å². The third-order valence-corrected chi connectivity index (χ3v) is 3.50. The summed E-state index contributed by atoms with van der Waals surface area (Å²) < 4.78 is 0. The third kappa shape index (κ3) is 2.53. The molecule has 0 radical (unpaired) electrons. The fraction of sp³-hybridized carbons (Fsp3) is 0.267.